The van der Waals surface area contributed by atoms with E-state index in [0.717, 1.165) is 5.69 Å². The number of aryl methyl sites for hydroxylation is 1. The Balaban J connectivity index is 2.35. The van der Waals surface area contributed by atoms with E-state index in [1.54, 1.807) is 25.3 Å². The Kier molecular flexibility index (Phi) is 4.10. The van der Waals surface area contributed by atoms with Gasteiger partial charge >= 0.3 is 0 Å². The smallest absolute Gasteiger partial charge is 0.294 e. The van der Waals surface area contributed by atoms with E-state index in [4.69, 9.17) is 5.84 Å². The number of nitrogens with one attached hydrogen (secondary N) is 2. The van der Waals surface area contributed by atoms with Crippen molar-refractivity contribution in [2.75, 3.05) is 10.7 Å². The van der Waals surface area contributed by atoms with Crippen LogP contribution in [0, 0.1) is 17.0 Å². The van der Waals surface area contributed by atoms with E-state index in [1.807, 2.05) is 0 Å². The van der Waals surface area contributed by atoms with Gasteiger partial charge in [0.25, 0.3) is 11.6 Å². The van der Waals surface area contributed by atoms with E-state index in [2.05, 4.69) is 15.7 Å². The van der Waals surface area contributed by atoms with Crippen molar-refractivity contribution in [3.05, 3.63) is 57.9 Å². The highest BCUT2D eigenvalue weighted by molar-refractivity contribution is 6.09. The summed E-state index contributed by atoms with van der Waals surface area (Å²) in [5.41, 5.74) is 3.27. The summed E-state index contributed by atoms with van der Waals surface area (Å²) in [6.07, 6.45) is 1.56. The quantitative estimate of drug-likeness (QED) is 0.448. The fourth-order valence-corrected chi connectivity index (χ4v) is 1.85. The molecule has 0 spiro atoms. The number of nitrogens with zero attached hydrogens (tertiary/aromatic N) is 2. The third kappa shape index (κ3) is 3.12. The number of para-hydroxylation sites is 1. The molecule has 1 aromatic carbocycles. The standard InChI is InChI=1S/C13H13N5O3/c1-8-7-9(5-6-15-8)16-13(19)10-3-2-4-11(18(20)21)12(10)17-14/h2-7,17H,14H2,1H3,(H,15,16,19). The van der Waals surface area contributed by atoms with Gasteiger partial charge in [-0.2, -0.15) is 0 Å². The molecule has 1 amide bonds. The van der Waals surface area contributed by atoms with Gasteiger partial charge in [-0.25, -0.2) is 0 Å². The van der Waals surface area contributed by atoms with Crippen molar-refractivity contribution in [3.8, 4) is 0 Å². The number of nitrogens with two attached hydrogens (primary N) is 1. The zero-order valence-corrected chi connectivity index (χ0v) is 11.2. The number of aromatic nitrogens is 1. The SMILES string of the molecule is Cc1cc(NC(=O)c2cccc([N+](=O)[O-])c2NN)ccn1. The highest BCUT2D eigenvalue weighted by Gasteiger charge is 2.20. The maximum atomic E-state index is 12.2. The monoisotopic (exact) mass is 287 g/mol. The summed E-state index contributed by atoms with van der Waals surface area (Å²) < 4.78 is 0. The van der Waals surface area contributed by atoms with Gasteiger partial charge in [-0.05, 0) is 25.1 Å². The molecule has 2 rings (SSSR count). The molecule has 0 aliphatic carbocycles. The Morgan fingerprint density at radius 3 is 2.76 bits per heavy atom. The number of carbonyl (C=O) groups is 1. The first-order chi connectivity index (χ1) is 10.0. The summed E-state index contributed by atoms with van der Waals surface area (Å²) >= 11 is 0. The minimum atomic E-state index is -0.609. The Bertz CT molecular complexity index is 702. The van der Waals surface area contributed by atoms with Crippen LogP contribution >= 0.6 is 0 Å². The van der Waals surface area contributed by atoms with Gasteiger partial charge in [0.1, 0.15) is 5.69 Å². The zero-order valence-electron chi connectivity index (χ0n) is 11.2. The maximum Gasteiger partial charge on any atom is 0.294 e. The first-order valence-electron chi connectivity index (χ1n) is 6.01. The number of amides is 1. The number of hydrazine groups is 1. The highest BCUT2D eigenvalue weighted by Crippen LogP contribution is 2.27. The number of nitro benzene ring substituents is 1. The first-order valence-corrected chi connectivity index (χ1v) is 6.01. The van der Waals surface area contributed by atoms with Gasteiger partial charge in [0, 0.05) is 23.6 Å². The van der Waals surface area contributed by atoms with E-state index in [1.165, 1.54) is 18.2 Å². The lowest BCUT2D eigenvalue weighted by Crippen LogP contribution is -2.18. The molecule has 1 heterocycles. The van der Waals surface area contributed by atoms with Crippen LogP contribution in [0.5, 0.6) is 0 Å². The minimum Gasteiger partial charge on any atom is -0.322 e. The molecule has 8 nitrogen and oxygen atoms in total. The second-order valence-corrected chi connectivity index (χ2v) is 4.24. The summed E-state index contributed by atoms with van der Waals surface area (Å²) in [4.78, 5) is 26.6. The van der Waals surface area contributed by atoms with Crippen LogP contribution in [-0.2, 0) is 0 Å². The summed E-state index contributed by atoms with van der Waals surface area (Å²) in [6.45, 7) is 1.79. The van der Waals surface area contributed by atoms with Crippen molar-refractivity contribution < 1.29 is 9.72 Å². The Morgan fingerprint density at radius 2 is 2.14 bits per heavy atom. The van der Waals surface area contributed by atoms with Gasteiger partial charge in [0.05, 0.1) is 10.5 Å². The number of carbonyl (C=O) groups excluding carboxylic acids is 1. The molecule has 0 aliphatic rings. The Labute approximate surface area is 120 Å². The number of nitrogen functional groups attached to an aromatic ring is 1. The molecule has 0 atom stereocenters. The van der Waals surface area contributed by atoms with Crippen molar-refractivity contribution >= 4 is 23.0 Å². The van der Waals surface area contributed by atoms with E-state index in [9.17, 15) is 14.9 Å². The van der Waals surface area contributed by atoms with Crippen LogP contribution in [-0.4, -0.2) is 15.8 Å². The van der Waals surface area contributed by atoms with E-state index in [0.29, 0.717) is 5.69 Å². The van der Waals surface area contributed by atoms with Crippen molar-refractivity contribution in [3.63, 3.8) is 0 Å². The van der Waals surface area contributed by atoms with Crippen molar-refractivity contribution in [2.24, 2.45) is 5.84 Å². The number of pyridine rings is 1. The molecule has 108 valence electrons. The summed E-state index contributed by atoms with van der Waals surface area (Å²) in [5.74, 6) is 4.80. The molecular formula is C13H13N5O3. The van der Waals surface area contributed by atoms with Crippen LogP contribution in [0.15, 0.2) is 36.5 Å². The normalized spacial score (nSPS) is 10.0. The molecule has 0 fully saturated rings. The number of benzene rings is 1. The predicted molar refractivity (Wildman–Crippen MR) is 77.8 cm³/mol. The highest BCUT2D eigenvalue weighted by atomic mass is 16.6. The second kappa shape index (κ2) is 5.97. The fraction of sp³-hybridized carbons (Fsp3) is 0.0769. The minimum absolute atomic E-state index is 0.0363. The van der Waals surface area contributed by atoms with Crippen LogP contribution in [0.4, 0.5) is 17.1 Å². The molecule has 0 unspecified atom stereocenters. The lowest BCUT2D eigenvalue weighted by molar-refractivity contribution is -0.384. The zero-order chi connectivity index (χ0) is 15.4. The Hall–Kier alpha value is -3.00. The van der Waals surface area contributed by atoms with Gasteiger partial charge < -0.3 is 10.7 Å². The third-order valence-corrected chi connectivity index (χ3v) is 2.78. The molecule has 8 heteroatoms. The van der Waals surface area contributed by atoms with Gasteiger partial charge in [-0.1, -0.05) is 6.07 Å². The van der Waals surface area contributed by atoms with E-state index in [-0.39, 0.29) is 16.9 Å². The van der Waals surface area contributed by atoms with Gasteiger partial charge in [0.15, 0.2) is 0 Å². The van der Waals surface area contributed by atoms with Crippen LogP contribution in [0.1, 0.15) is 16.1 Å². The molecule has 0 bridgehead atoms. The van der Waals surface area contributed by atoms with Crippen molar-refractivity contribution in [1.82, 2.24) is 4.98 Å². The molecule has 21 heavy (non-hydrogen) atoms. The average Bonchev–Trinajstić information content (AvgIpc) is 2.46. The molecule has 0 aliphatic heterocycles. The average molecular weight is 287 g/mol. The van der Waals surface area contributed by atoms with Crippen LogP contribution in [0.2, 0.25) is 0 Å². The van der Waals surface area contributed by atoms with Crippen LogP contribution in [0.3, 0.4) is 0 Å². The largest absolute Gasteiger partial charge is 0.322 e. The van der Waals surface area contributed by atoms with Gasteiger partial charge in [-0.3, -0.25) is 25.7 Å². The summed E-state index contributed by atoms with van der Waals surface area (Å²) in [7, 11) is 0. The van der Waals surface area contributed by atoms with Crippen molar-refractivity contribution in [2.45, 2.75) is 6.92 Å². The molecule has 0 saturated carbocycles. The number of anilines is 2. The summed E-state index contributed by atoms with van der Waals surface area (Å²) in [5, 5.41) is 13.6. The van der Waals surface area contributed by atoms with Gasteiger partial charge in [0.2, 0.25) is 0 Å². The fourth-order valence-electron chi connectivity index (χ4n) is 1.85. The number of rotatable bonds is 4. The molecular weight excluding hydrogens is 274 g/mol. The number of nitro groups is 1. The lowest BCUT2D eigenvalue weighted by Gasteiger charge is -2.10. The van der Waals surface area contributed by atoms with Gasteiger partial charge in [-0.15, -0.1) is 0 Å². The van der Waals surface area contributed by atoms with E-state index < -0.39 is 10.8 Å². The third-order valence-electron chi connectivity index (χ3n) is 2.78. The first kappa shape index (κ1) is 14.4. The number of hydrogen-bond acceptors (Lipinski definition) is 6. The Morgan fingerprint density at radius 1 is 1.38 bits per heavy atom. The van der Waals surface area contributed by atoms with E-state index >= 15 is 0 Å². The second-order valence-electron chi connectivity index (χ2n) is 4.24. The molecule has 0 radical (unpaired) electrons. The number of hydrogen-bond donors (Lipinski definition) is 3. The topological polar surface area (TPSA) is 123 Å². The summed E-state index contributed by atoms with van der Waals surface area (Å²) in [6, 6.07) is 7.45. The maximum absolute atomic E-state index is 12.2. The van der Waals surface area contributed by atoms with Crippen molar-refractivity contribution in [1.29, 1.82) is 0 Å². The van der Waals surface area contributed by atoms with Crippen LogP contribution < -0.4 is 16.6 Å². The predicted octanol–water partition coefficient (Wildman–Crippen LogP) is 1.84. The molecule has 0 saturated heterocycles. The molecule has 1 aromatic heterocycles. The molecule has 4 N–H and O–H groups in total. The van der Waals surface area contributed by atoms with Crippen LogP contribution in [0.25, 0.3) is 0 Å². The lowest BCUT2D eigenvalue weighted by atomic mass is 10.1. The molecule has 2 aromatic rings.